The highest BCUT2D eigenvalue weighted by Crippen LogP contribution is 2.28. The van der Waals surface area contributed by atoms with E-state index in [2.05, 4.69) is 0 Å². The molecular formula is C9H16O2S. The lowest BCUT2D eigenvalue weighted by atomic mass is 9.99. The van der Waals surface area contributed by atoms with Gasteiger partial charge in [0, 0.05) is 11.7 Å². The number of aliphatic hydroxyl groups is 1. The van der Waals surface area contributed by atoms with Gasteiger partial charge < -0.3 is 5.11 Å². The zero-order valence-corrected chi connectivity index (χ0v) is 8.27. The van der Waals surface area contributed by atoms with Crippen LogP contribution in [0.1, 0.15) is 32.6 Å². The fourth-order valence-corrected chi connectivity index (χ4v) is 2.64. The minimum Gasteiger partial charge on any atom is -0.395 e. The van der Waals surface area contributed by atoms with Crippen LogP contribution in [0.3, 0.4) is 0 Å². The van der Waals surface area contributed by atoms with Crippen LogP contribution >= 0.6 is 11.8 Å². The summed E-state index contributed by atoms with van der Waals surface area (Å²) in [6.07, 6.45) is 3.98. The third kappa shape index (κ3) is 2.79. The average molecular weight is 188 g/mol. The van der Waals surface area contributed by atoms with Gasteiger partial charge in [-0.2, -0.15) is 0 Å². The molecule has 1 rings (SSSR count). The summed E-state index contributed by atoms with van der Waals surface area (Å²) in [5, 5.41) is 9.19. The molecule has 2 nitrogen and oxygen atoms in total. The van der Waals surface area contributed by atoms with Gasteiger partial charge in [0.1, 0.15) is 5.78 Å². The second-order valence-corrected chi connectivity index (χ2v) is 4.98. The van der Waals surface area contributed by atoms with Gasteiger partial charge in [-0.25, -0.2) is 0 Å². The number of carbonyl (C=O) groups is 1. The quantitative estimate of drug-likeness (QED) is 0.731. The van der Waals surface area contributed by atoms with Crippen molar-refractivity contribution in [1.29, 1.82) is 0 Å². The van der Waals surface area contributed by atoms with Crippen molar-refractivity contribution in [3.8, 4) is 0 Å². The predicted octanol–water partition coefficient (Wildman–Crippen LogP) is 1.61. The number of carbonyl (C=O) groups excluding carboxylic acids is 1. The zero-order chi connectivity index (χ0) is 8.97. The van der Waals surface area contributed by atoms with Gasteiger partial charge in [0.05, 0.1) is 11.9 Å². The highest BCUT2D eigenvalue weighted by atomic mass is 32.2. The van der Waals surface area contributed by atoms with Crippen LogP contribution in [-0.2, 0) is 4.79 Å². The highest BCUT2D eigenvalue weighted by molar-refractivity contribution is 8.01. The third-order valence-electron chi connectivity index (χ3n) is 2.15. The first-order valence-corrected chi connectivity index (χ1v) is 5.47. The molecular weight excluding hydrogens is 172 g/mol. The van der Waals surface area contributed by atoms with Crippen LogP contribution in [0.25, 0.3) is 0 Å². The van der Waals surface area contributed by atoms with Gasteiger partial charge in [-0.3, -0.25) is 4.79 Å². The van der Waals surface area contributed by atoms with Gasteiger partial charge in [-0.1, -0.05) is 13.3 Å². The summed E-state index contributed by atoms with van der Waals surface area (Å²) >= 11 is 1.63. The third-order valence-corrected chi connectivity index (χ3v) is 3.59. The number of ketones is 1. The topological polar surface area (TPSA) is 37.3 Å². The Morgan fingerprint density at radius 2 is 2.42 bits per heavy atom. The van der Waals surface area contributed by atoms with Crippen LogP contribution in [0.2, 0.25) is 0 Å². The van der Waals surface area contributed by atoms with Gasteiger partial charge in [0.25, 0.3) is 0 Å². The van der Waals surface area contributed by atoms with Crippen molar-refractivity contribution in [2.45, 2.75) is 43.1 Å². The van der Waals surface area contributed by atoms with E-state index in [-0.39, 0.29) is 17.1 Å². The first-order valence-electron chi connectivity index (χ1n) is 4.53. The van der Waals surface area contributed by atoms with Crippen LogP contribution in [0, 0.1) is 0 Å². The summed E-state index contributed by atoms with van der Waals surface area (Å²) in [6.45, 7) is 2.14. The normalized spacial score (nSPS) is 27.2. The minimum absolute atomic E-state index is 0.167. The zero-order valence-electron chi connectivity index (χ0n) is 7.45. The van der Waals surface area contributed by atoms with E-state index in [1.54, 1.807) is 11.8 Å². The summed E-state index contributed by atoms with van der Waals surface area (Å²) < 4.78 is 0. The number of rotatable bonds is 3. The fraction of sp³-hybridized carbons (Fsp3) is 0.889. The molecule has 1 aliphatic rings. The number of Topliss-reactive ketones (excluding diaryl/α,β-unsaturated/α-hetero) is 1. The monoisotopic (exact) mass is 188 g/mol. The van der Waals surface area contributed by atoms with Crippen LogP contribution in [0.5, 0.6) is 0 Å². The molecule has 0 heterocycles. The van der Waals surface area contributed by atoms with Crippen molar-refractivity contribution >= 4 is 17.5 Å². The molecule has 2 unspecified atom stereocenters. The molecule has 1 aliphatic carbocycles. The Bertz CT molecular complexity index is 159. The molecule has 0 amide bonds. The molecule has 0 aromatic heterocycles. The fourth-order valence-electron chi connectivity index (χ4n) is 1.42. The van der Waals surface area contributed by atoms with Gasteiger partial charge in [-0.15, -0.1) is 11.8 Å². The molecule has 0 aliphatic heterocycles. The smallest absolute Gasteiger partial charge is 0.145 e. The lowest BCUT2D eigenvalue weighted by Gasteiger charge is -2.22. The number of thioether (sulfide) groups is 1. The second kappa shape index (κ2) is 4.87. The lowest BCUT2D eigenvalue weighted by molar-refractivity contribution is -0.119. The van der Waals surface area contributed by atoms with E-state index >= 15 is 0 Å². The van der Waals surface area contributed by atoms with Gasteiger partial charge in [0.15, 0.2) is 0 Å². The van der Waals surface area contributed by atoms with Gasteiger partial charge in [-0.05, 0) is 12.8 Å². The Balaban J connectivity index is 2.34. The first kappa shape index (κ1) is 10.1. The number of hydrogen-bond acceptors (Lipinski definition) is 3. The summed E-state index contributed by atoms with van der Waals surface area (Å²) in [4.78, 5) is 11.3. The SMILES string of the molecule is CC(CO)SC1CCCCC1=O. The molecule has 0 spiro atoms. The van der Waals surface area contributed by atoms with Crippen LogP contribution in [0.15, 0.2) is 0 Å². The van der Waals surface area contributed by atoms with E-state index < -0.39 is 0 Å². The molecule has 12 heavy (non-hydrogen) atoms. The summed E-state index contributed by atoms with van der Waals surface area (Å²) in [6, 6.07) is 0. The average Bonchev–Trinajstić information content (AvgIpc) is 2.09. The minimum atomic E-state index is 0.167. The van der Waals surface area contributed by atoms with Gasteiger partial charge >= 0.3 is 0 Å². The summed E-state index contributed by atoms with van der Waals surface area (Å²) in [5.74, 6) is 0.381. The number of aliphatic hydroxyl groups excluding tert-OH is 1. The van der Waals surface area contributed by atoms with Crippen molar-refractivity contribution < 1.29 is 9.90 Å². The van der Waals surface area contributed by atoms with E-state index in [1.165, 1.54) is 6.42 Å². The van der Waals surface area contributed by atoms with Crippen LogP contribution in [-0.4, -0.2) is 28.0 Å². The molecule has 3 heteroatoms. The molecule has 1 fully saturated rings. The molecule has 70 valence electrons. The molecule has 0 bridgehead atoms. The second-order valence-electron chi connectivity index (χ2n) is 3.33. The Hall–Kier alpha value is -0.0200. The summed E-state index contributed by atoms with van der Waals surface area (Å²) in [5.41, 5.74) is 0. The molecule has 2 atom stereocenters. The molecule has 1 N–H and O–H groups in total. The van der Waals surface area contributed by atoms with E-state index in [0.717, 1.165) is 19.3 Å². The molecule has 0 saturated heterocycles. The van der Waals surface area contributed by atoms with E-state index in [0.29, 0.717) is 5.78 Å². The number of hydrogen-bond donors (Lipinski definition) is 1. The highest BCUT2D eigenvalue weighted by Gasteiger charge is 2.23. The van der Waals surface area contributed by atoms with E-state index in [9.17, 15) is 4.79 Å². The maximum atomic E-state index is 11.3. The maximum absolute atomic E-state index is 11.3. The molecule has 0 aromatic rings. The van der Waals surface area contributed by atoms with Crippen LogP contribution in [0.4, 0.5) is 0 Å². The largest absolute Gasteiger partial charge is 0.395 e. The van der Waals surface area contributed by atoms with Crippen molar-refractivity contribution in [3.05, 3.63) is 0 Å². The lowest BCUT2D eigenvalue weighted by Crippen LogP contribution is -2.24. The van der Waals surface area contributed by atoms with E-state index in [1.807, 2.05) is 6.92 Å². The summed E-state index contributed by atoms with van der Waals surface area (Å²) in [7, 11) is 0. The Morgan fingerprint density at radius 3 is 3.00 bits per heavy atom. The van der Waals surface area contributed by atoms with Crippen LogP contribution < -0.4 is 0 Å². The first-order chi connectivity index (χ1) is 5.74. The maximum Gasteiger partial charge on any atom is 0.145 e. The Labute approximate surface area is 77.7 Å². The van der Waals surface area contributed by atoms with Crippen molar-refractivity contribution in [1.82, 2.24) is 0 Å². The molecule has 0 aromatic carbocycles. The van der Waals surface area contributed by atoms with Crippen molar-refractivity contribution in [3.63, 3.8) is 0 Å². The standard InChI is InChI=1S/C9H16O2S/c1-7(6-10)12-9-5-3-2-4-8(9)11/h7,9-10H,2-6H2,1H3. The Kier molecular flexibility index (Phi) is 4.09. The molecule has 0 radical (unpaired) electrons. The molecule has 1 saturated carbocycles. The predicted molar refractivity (Wildman–Crippen MR) is 51.4 cm³/mol. The van der Waals surface area contributed by atoms with Crippen molar-refractivity contribution in [2.24, 2.45) is 0 Å². The Morgan fingerprint density at radius 1 is 1.67 bits per heavy atom. The van der Waals surface area contributed by atoms with Gasteiger partial charge in [0.2, 0.25) is 0 Å². The van der Waals surface area contributed by atoms with Crippen molar-refractivity contribution in [2.75, 3.05) is 6.61 Å². The van der Waals surface area contributed by atoms with E-state index in [4.69, 9.17) is 5.11 Å².